The van der Waals surface area contributed by atoms with Crippen LogP contribution in [0.1, 0.15) is 5.56 Å². The maximum Gasteiger partial charge on any atom is 0.142 e. The summed E-state index contributed by atoms with van der Waals surface area (Å²) >= 11 is 5.79. The van der Waals surface area contributed by atoms with Crippen LogP contribution in [0.15, 0.2) is 48.8 Å². The molecule has 0 radical (unpaired) electrons. The highest BCUT2D eigenvalue weighted by Crippen LogP contribution is 2.29. The van der Waals surface area contributed by atoms with Gasteiger partial charge in [-0.1, -0.05) is 17.7 Å². The smallest absolute Gasteiger partial charge is 0.142 e. The van der Waals surface area contributed by atoms with E-state index in [1.165, 1.54) is 18.5 Å². The average molecular weight is 359 g/mol. The lowest BCUT2D eigenvalue weighted by atomic mass is 10.2. The van der Waals surface area contributed by atoms with Crippen molar-refractivity contribution in [2.45, 2.75) is 6.92 Å². The summed E-state index contributed by atoms with van der Waals surface area (Å²) in [6, 6.07) is 11.9. The lowest BCUT2D eigenvalue weighted by Crippen LogP contribution is -2.00. The minimum atomic E-state index is -0.469. The van der Waals surface area contributed by atoms with Gasteiger partial charge in [-0.2, -0.15) is 0 Å². The molecule has 0 aliphatic carbocycles. The fourth-order valence-electron chi connectivity index (χ4n) is 2.27. The Morgan fingerprint density at radius 1 is 1.00 bits per heavy atom. The van der Waals surface area contributed by atoms with Crippen molar-refractivity contribution in [1.29, 1.82) is 0 Å². The number of methoxy groups -OCH3 is 1. The van der Waals surface area contributed by atoms with Gasteiger partial charge in [0.15, 0.2) is 0 Å². The van der Waals surface area contributed by atoms with Crippen molar-refractivity contribution in [3.8, 4) is 5.75 Å². The fourth-order valence-corrected chi connectivity index (χ4v) is 2.45. The summed E-state index contributed by atoms with van der Waals surface area (Å²) in [4.78, 5) is 8.37. The van der Waals surface area contributed by atoms with Crippen LogP contribution in [-0.4, -0.2) is 17.1 Å². The Hall–Kier alpha value is -2.86. The van der Waals surface area contributed by atoms with E-state index >= 15 is 0 Å². The Kier molecular flexibility index (Phi) is 5.00. The van der Waals surface area contributed by atoms with Crippen LogP contribution in [0, 0.1) is 12.7 Å². The molecule has 5 nitrogen and oxygen atoms in total. The van der Waals surface area contributed by atoms with Crippen molar-refractivity contribution in [1.82, 2.24) is 9.97 Å². The number of aryl methyl sites for hydroxylation is 1. The highest BCUT2D eigenvalue weighted by Gasteiger charge is 2.07. The third kappa shape index (κ3) is 4.16. The molecule has 3 rings (SSSR count). The molecule has 0 amide bonds. The van der Waals surface area contributed by atoms with Crippen LogP contribution in [0.25, 0.3) is 0 Å². The largest absolute Gasteiger partial charge is 0.495 e. The van der Waals surface area contributed by atoms with Crippen molar-refractivity contribution < 1.29 is 9.13 Å². The maximum absolute atomic E-state index is 13.2. The monoisotopic (exact) mass is 358 g/mol. The fraction of sp³-hybridized carbons (Fsp3) is 0.111. The van der Waals surface area contributed by atoms with Crippen LogP contribution < -0.4 is 15.4 Å². The molecule has 7 heteroatoms. The maximum atomic E-state index is 13.2. The highest BCUT2D eigenvalue weighted by atomic mass is 35.5. The second-order valence-corrected chi connectivity index (χ2v) is 5.78. The molecule has 25 heavy (non-hydrogen) atoms. The van der Waals surface area contributed by atoms with E-state index in [-0.39, 0.29) is 5.02 Å². The quantitative estimate of drug-likeness (QED) is 0.666. The molecule has 0 saturated heterocycles. The van der Waals surface area contributed by atoms with Gasteiger partial charge in [0.05, 0.1) is 17.8 Å². The van der Waals surface area contributed by atoms with E-state index in [0.29, 0.717) is 23.1 Å². The first-order valence-electron chi connectivity index (χ1n) is 7.51. The predicted octanol–water partition coefficient (Wildman–Crippen LogP) is 5.07. The van der Waals surface area contributed by atoms with E-state index in [2.05, 4.69) is 20.6 Å². The molecule has 0 aliphatic heterocycles. The first-order chi connectivity index (χ1) is 12.0. The SMILES string of the molecule is COc1ccc(C)cc1Nc1cc(Nc2ccc(F)c(Cl)c2)ncn1. The highest BCUT2D eigenvalue weighted by molar-refractivity contribution is 6.31. The van der Waals surface area contributed by atoms with E-state index in [4.69, 9.17) is 16.3 Å². The molecular weight excluding hydrogens is 343 g/mol. The van der Waals surface area contributed by atoms with Gasteiger partial charge in [-0.05, 0) is 42.8 Å². The minimum absolute atomic E-state index is 0.0434. The first kappa shape index (κ1) is 17.0. The number of benzene rings is 2. The van der Waals surface area contributed by atoms with Gasteiger partial charge in [-0.3, -0.25) is 0 Å². The number of anilines is 4. The number of hydrogen-bond acceptors (Lipinski definition) is 5. The average Bonchev–Trinajstić information content (AvgIpc) is 2.59. The van der Waals surface area contributed by atoms with E-state index in [9.17, 15) is 4.39 Å². The van der Waals surface area contributed by atoms with Crippen molar-refractivity contribution in [2.24, 2.45) is 0 Å². The topological polar surface area (TPSA) is 59.1 Å². The Morgan fingerprint density at radius 3 is 2.48 bits per heavy atom. The molecule has 0 unspecified atom stereocenters. The molecule has 1 heterocycles. The van der Waals surface area contributed by atoms with Crippen molar-refractivity contribution in [2.75, 3.05) is 17.7 Å². The normalized spacial score (nSPS) is 10.4. The molecular formula is C18H16ClFN4O. The standard InChI is InChI=1S/C18H16ClFN4O/c1-11-3-6-16(25-2)15(7-11)24-18-9-17(21-10-22-18)23-12-4-5-14(20)13(19)8-12/h3-10H,1-2H3,(H2,21,22,23,24). The second kappa shape index (κ2) is 7.36. The first-order valence-corrected chi connectivity index (χ1v) is 7.89. The van der Waals surface area contributed by atoms with Gasteiger partial charge in [-0.15, -0.1) is 0 Å². The van der Waals surface area contributed by atoms with Gasteiger partial charge in [0.2, 0.25) is 0 Å². The minimum Gasteiger partial charge on any atom is -0.495 e. The Morgan fingerprint density at radius 2 is 1.76 bits per heavy atom. The van der Waals surface area contributed by atoms with Crippen LogP contribution in [0.4, 0.5) is 27.4 Å². The molecule has 3 aromatic rings. The molecule has 1 aromatic heterocycles. The van der Waals surface area contributed by atoms with Crippen LogP contribution in [-0.2, 0) is 0 Å². The summed E-state index contributed by atoms with van der Waals surface area (Å²) < 4.78 is 18.6. The van der Waals surface area contributed by atoms with Gasteiger partial charge in [0, 0.05) is 11.8 Å². The van der Waals surface area contributed by atoms with E-state index in [1.54, 1.807) is 19.2 Å². The van der Waals surface area contributed by atoms with Crippen molar-refractivity contribution in [3.63, 3.8) is 0 Å². The number of ether oxygens (including phenoxy) is 1. The molecule has 2 N–H and O–H groups in total. The summed E-state index contributed by atoms with van der Waals surface area (Å²) in [6.07, 6.45) is 1.43. The molecule has 0 atom stereocenters. The zero-order valence-corrected chi connectivity index (χ0v) is 14.4. The molecule has 0 aliphatic rings. The van der Waals surface area contributed by atoms with Crippen molar-refractivity contribution >= 4 is 34.6 Å². The molecule has 0 saturated carbocycles. The lowest BCUT2D eigenvalue weighted by Gasteiger charge is -2.12. The summed E-state index contributed by atoms with van der Waals surface area (Å²) in [6.45, 7) is 2.00. The molecule has 0 bridgehead atoms. The summed E-state index contributed by atoms with van der Waals surface area (Å²) in [5, 5.41) is 6.32. The third-order valence-electron chi connectivity index (χ3n) is 3.48. The van der Waals surface area contributed by atoms with Gasteiger partial charge >= 0.3 is 0 Å². The van der Waals surface area contributed by atoms with Crippen LogP contribution in [0.2, 0.25) is 5.02 Å². The second-order valence-electron chi connectivity index (χ2n) is 5.37. The molecule has 128 valence electrons. The Bertz CT molecular complexity index is 904. The zero-order chi connectivity index (χ0) is 17.8. The molecule has 0 spiro atoms. The number of nitrogens with zero attached hydrogens (tertiary/aromatic N) is 2. The predicted molar refractivity (Wildman–Crippen MR) is 97.7 cm³/mol. The Labute approximate surface area is 149 Å². The number of nitrogens with one attached hydrogen (secondary N) is 2. The van der Waals surface area contributed by atoms with E-state index in [1.807, 2.05) is 25.1 Å². The van der Waals surface area contributed by atoms with Gasteiger partial charge in [-0.25, -0.2) is 14.4 Å². The van der Waals surface area contributed by atoms with Gasteiger partial charge < -0.3 is 15.4 Å². The third-order valence-corrected chi connectivity index (χ3v) is 3.77. The molecule has 0 fully saturated rings. The number of halogens is 2. The molecule has 2 aromatic carbocycles. The van der Waals surface area contributed by atoms with Gasteiger partial charge in [0.25, 0.3) is 0 Å². The van der Waals surface area contributed by atoms with Crippen molar-refractivity contribution in [3.05, 3.63) is 65.2 Å². The summed E-state index contributed by atoms with van der Waals surface area (Å²) in [5.41, 5.74) is 2.53. The van der Waals surface area contributed by atoms with E-state index < -0.39 is 5.82 Å². The van der Waals surface area contributed by atoms with Gasteiger partial charge in [0.1, 0.15) is 29.5 Å². The summed E-state index contributed by atoms with van der Waals surface area (Å²) in [5.74, 6) is 1.38. The van der Waals surface area contributed by atoms with Crippen LogP contribution in [0.5, 0.6) is 5.75 Å². The number of aromatic nitrogens is 2. The van der Waals surface area contributed by atoms with Crippen LogP contribution >= 0.6 is 11.6 Å². The Balaban J connectivity index is 1.82. The van der Waals surface area contributed by atoms with E-state index in [0.717, 1.165) is 11.3 Å². The number of hydrogen-bond donors (Lipinski definition) is 2. The summed E-state index contributed by atoms with van der Waals surface area (Å²) in [7, 11) is 1.61. The number of rotatable bonds is 5. The van der Waals surface area contributed by atoms with Crippen LogP contribution in [0.3, 0.4) is 0 Å². The zero-order valence-electron chi connectivity index (χ0n) is 13.7. The lowest BCUT2D eigenvalue weighted by molar-refractivity contribution is 0.416.